The van der Waals surface area contributed by atoms with E-state index in [4.69, 9.17) is 4.52 Å². The maximum atomic E-state index is 5.44. The van der Waals surface area contributed by atoms with E-state index in [0.717, 1.165) is 43.2 Å². The molecule has 1 atom stereocenters. The predicted molar refractivity (Wildman–Crippen MR) is 81.2 cm³/mol. The van der Waals surface area contributed by atoms with Crippen molar-refractivity contribution in [2.24, 2.45) is 0 Å². The van der Waals surface area contributed by atoms with E-state index in [-0.39, 0.29) is 0 Å². The monoisotopic (exact) mass is 288 g/mol. The Balaban J connectivity index is 1.63. The van der Waals surface area contributed by atoms with Crippen LogP contribution < -0.4 is 0 Å². The van der Waals surface area contributed by atoms with Crippen LogP contribution in [-0.2, 0) is 6.54 Å². The third-order valence-corrected chi connectivity index (χ3v) is 4.19. The third-order valence-electron chi connectivity index (χ3n) is 4.19. The summed E-state index contributed by atoms with van der Waals surface area (Å²) >= 11 is 0. The second kappa shape index (κ2) is 5.64. The van der Waals surface area contributed by atoms with Crippen molar-refractivity contribution in [2.45, 2.75) is 52.6 Å². The average molecular weight is 288 g/mol. The number of rotatable bonds is 4. The van der Waals surface area contributed by atoms with E-state index < -0.39 is 0 Å². The summed E-state index contributed by atoms with van der Waals surface area (Å²) in [6.45, 7) is 11.4. The molecule has 1 unspecified atom stereocenters. The van der Waals surface area contributed by atoms with Crippen molar-refractivity contribution >= 4 is 0 Å². The van der Waals surface area contributed by atoms with Gasteiger partial charge in [0.1, 0.15) is 0 Å². The molecule has 1 saturated heterocycles. The van der Waals surface area contributed by atoms with Crippen LogP contribution in [0.2, 0.25) is 0 Å². The van der Waals surface area contributed by atoms with E-state index >= 15 is 0 Å². The predicted octanol–water partition coefficient (Wildman–Crippen LogP) is 3.06. The largest absolute Gasteiger partial charge is 0.360 e. The van der Waals surface area contributed by atoms with Crippen LogP contribution in [0.25, 0.3) is 0 Å². The lowest BCUT2D eigenvalue weighted by atomic mass is 10.1. The molecule has 5 heteroatoms. The first-order valence-electron chi connectivity index (χ1n) is 7.73. The van der Waals surface area contributed by atoms with E-state index in [1.165, 1.54) is 5.69 Å². The molecule has 0 N–H and O–H groups in total. The molecule has 1 aliphatic heterocycles. The van der Waals surface area contributed by atoms with Gasteiger partial charge in [0.15, 0.2) is 5.76 Å². The molecule has 0 saturated carbocycles. The summed E-state index contributed by atoms with van der Waals surface area (Å²) < 4.78 is 7.62. The molecule has 21 heavy (non-hydrogen) atoms. The Bertz CT molecular complexity index is 614. The van der Waals surface area contributed by atoms with Crippen molar-refractivity contribution in [3.05, 3.63) is 35.0 Å². The van der Waals surface area contributed by atoms with E-state index in [9.17, 15) is 0 Å². The second-order valence-corrected chi connectivity index (χ2v) is 6.42. The summed E-state index contributed by atoms with van der Waals surface area (Å²) in [4.78, 5) is 2.42. The van der Waals surface area contributed by atoms with Gasteiger partial charge < -0.3 is 4.52 Å². The molecule has 114 valence electrons. The van der Waals surface area contributed by atoms with Gasteiger partial charge in [-0.15, -0.1) is 0 Å². The van der Waals surface area contributed by atoms with Gasteiger partial charge in [-0.2, -0.15) is 5.10 Å². The number of aromatic nitrogens is 3. The van der Waals surface area contributed by atoms with Crippen LogP contribution in [0.1, 0.15) is 55.1 Å². The summed E-state index contributed by atoms with van der Waals surface area (Å²) in [6.07, 6.45) is 1.15. The Labute approximate surface area is 125 Å². The molecule has 2 aromatic heterocycles. The van der Waals surface area contributed by atoms with Crippen molar-refractivity contribution in [3.63, 3.8) is 0 Å². The molecule has 3 rings (SSSR count). The van der Waals surface area contributed by atoms with Gasteiger partial charge in [-0.1, -0.05) is 19.0 Å². The van der Waals surface area contributed by atoms with Gasteiger partial charge in [0, 0.05) is 24.8 Å². The van der Waals surface area contributed by atoms with Gasteiger partial charge in [-0.25, -0.2) is 0 Å². The summed E-state index contributed by atoms with van der Waals surface area (Å²) in [5, 5.41) is 8.75. The summed E-state index contributed by atoms with van der Waals surface area (Å²) in [6, 6.07) is 4.71. The molecule has 0 bridgehead atoms. The van der Waals surface area contributed by atoms with Crippen LogP contribution in [0, 0.1) is 13.8 Å². The van der Waals surface area contributed by atoms with Crippen molar-refractivity contribution in [1.29, 1.82) is 0 Å². The quantitative estimate of drug-likeness (QED) is 0.867. The Morgan fingerprint density at radius 3 is 2.76 bits per heavy atom. The van der Waals surface area contributed by atoms with Crippen LogP contribution in [0.15, 0.2) is 16.7 Å². The third kappa shape index (κ3) is 3.02. The summed E-state index contributed by atoms with van der Waals surface area (Å²) in [5.74, 6) is 1.39. The Morgan fingerprint density at radius 2 is 2.14 bits per heavy atom. The van der Waals surface area contributed by atoms with Gasteiger partial charge in [0.2, 0.25) is 0 Å². The average Bonchev–Trinajstić information content (AvgIpc) is 3.10. The van der Waals surface area contributed by atoms with Gasteiger partial charge in [0.25, 0.3) is 0 Å². The standard InChI is InChI=1S/C16H24N4O/c1-11(2)16-8-15(21-18-16)10-19-6-5-14(9-19)20-13(4)7-12(3)17-20/h7-8,11,14H,5-6,9-10H2,1-4H3. The van der Waals surface area contributed by atoms with Crippen molar-refractivity contribution in [3.8, 4) is 0 Å². The summed E-state index contributed by atoms with van der Waals surface area (Å²) in [5.41, 5.74) is 3.39. The minimum Gasteiger partial charge on any atom is -0.360 e. The normalized spacial score (nSPS) is 19.8. The SMILES string of the molecule is Cc1cc(C)n(C2CCN(Cc3cc(C(C)C)no3)C2)n1. The molecule has 0 spiro atoms. The first-order chi connectivity index (χ1) is 10.0. The second-order valence-electron chi connectivity index (χ2n) is 6.42. The minimum atomic E-state index is 0.420. The molecular weight excluding hydrogens is 264 g/mol. The Morgan fingerprint density at radius 1 is 1.33 bits per heavy atom. The molecule has 0 aliphatic carbocycles. The highest BCUT2D eigenvalue weighted by molar-refractivity contribution is 5.10. The van der Waals surface area contributed by atoms with Crippen LogP contribution in [0.4, 0.5) is 0 Å². The van der Waals surface area contributed by atoms with Crippen LogP contribution in [0.5, 0.6) is 0 Å². The highest BCUT2D eigenvalue weighted by Crippen LogP contribution is 2.25. The van der Waals surface area contributed by atoms with Gasteiger partial charge in [-0.3, -0.25) is 9.58 Å². The van der Waals surface area contributed by atoms with Crippen LogP contribution in [0.3, 0.4) is 0 Å². The molecule has 0 aromatic carbocycles. The number of hydrogen-bond acceptors (Lipinski definition) is 4. The zero-order valence-electron chi connectivity index (χ0n) is 13.3. The fraction of sp³-hybridized carbons (Fsp3) is 0.625. The lowest BCUT2D eigenvalue weighted by molar-refractivity contribution is 0.262. The number of hydrogen-bond donors (Lipinski definition) is 0. The molecule has 2 aromatic rings. The fourth-order valence-electron chi connectivity index (χ4n) is 3.07. The number of aryl methyl sites for hydroxylation is 2. The van der Waals surface area contributed by atoms with E-state index in [0.29, 0.717) is 12.0 Å². The smallest absolute Gasteiger partial charge is 0.150 e. The molecule has 0 amide bonds. The first kappa shape index (κ1) is 14.3. The zero-order valence-corrected chi connectivity index (χ0v) is 13.3. The lowest BCUT2D eigenvalue weighted by Crippen LogP contribution is -2.21. The van der Waals surface area contributed by atoms with Crippen molar-refractivity contribution in [2.75, 3.05) is 13.1 Å². The fourth-order valence-corrected chi connectivity index (χ4v) is 3.07. The van der Waals surface area contributed by atoms with Gasteiger partial charge in [-0.05, 0) is 32.3 Å². The van der Waals surface area contributed by atoms with E-state index in [1.807, 2.05) is 0 Å². The first-order valence-corrected chi connectivity index (χ1v) is 7.73. The highest BCUT2D eigenvalue weighted by Gasteiger charge is 2.26. The number of nitrogens with zero attached hydrogens (tertiary/aromatic N) is 4. The van der Waals surface area contributed by atoms with Gasteiger partial charge >= 0.3 is 0 Å². The van der Waals surface area contributed by atoms with E-state index in [2.05, 4.69) is 59.7 Å². The molecule has 1 fully saturated rings. The zero-order chi connectivity index (χ0) is 15.0. The molecule has 0 radical (unpaired) electrons. The molecule has 3 heterocycles. The highest BCUT2D eigenvalue weighted by atomic mass is 16.5. The minimum absolute atomic E-state index is 0.420. The molecule has 5 nitrogen and oxygen atoms in total. The van der Waals surface area contributed by atoms with Gasteiger partial charge in [0.05, 0.1) is 24.0 Å². The van der Waals surface area contributed by atoms with Crippen molar-refractivity contribution < 1.29 is 4.52 Å². The summed E-state index contributed by atoms with van der Waals surface area (Å²) in [7, 11) is 0. The molecular formula is C16H24N4O. The Hall–Kier alpha value is -1.62. The van der Waals surface area contributed by atoms with Crippen LogP contribution in [-0.4, -0.2) is 32.9 Å². The molecule has 1 aliphatic rings. The Kier molecular flexibility index (Phi) is 3.85. The maximum Gasteiger partial charge on any atom is 0.150 e. The number of likely N-dealkylation sites (tertiary alicyclic amines) is 1. The lowest BCUT2D eigenvalue weighted by Gasteiger charge is -2.15. The van der Waals surface area contributed by atoms with E-state index in [1.54, 1.807) is 0 Å². The van der Waals surface area contributed by atoms with Crippen LogP contribution >= 0.6 is 0 Å². The maximum absolute atomic E-state index is 5.44. The van der Waals surface area contributed by atoms with Crippen molar-refractivity contribution in [1.82, 2.24) is 19.8 Å². The topological polar surface area (TPSA) is 47.1 Å².